The fourth-order valence-corrected chi connectivity index (χ4v) is 1.84. The van der Waals surface area contributed by atoms with E-state index in [2.05, 4.69) is 5.32 Å². The van der Waals surface area contributed by atoms with Crippen LogP contribution < -0.4 is 5.32 Å². The second-order valence-electron chi connectivity index (χ2n) is 5.57. The summed E-state index contributed by atoms with van der Waals surface area (Å²) in [5, 5.41) is 22.9. The standard InChI is InChI=1S/C14H19Cl2NO4/c1-14(2,3)21-13(20)17-7-11(18)12(19)8-4-5-9(15)10(16)6-8/h4-6,11-12,18-19H,7H2,1-3H3,(H,17,20). The molecule has 3 N–H and O–H groups in total. The number of hydrogen-bond donors (Lipinski definition) is 3. The molecule has 0 radical (unpaired) electrons. The second kappa shape index (κ2) is 7.31. The predicted octanol–water partition coefficient (Wildman–Crippen LogP) is 2.91. The molecule has 21 heavy (non-hydrogen) atoms. The molecule has 0 saturated carbocycles. The van der Waals surface area contributed by atoms with Crippen LogP contribution in [0.3, 0.4) is 0 Å². The van der Waals surface area contributed by atoms with Crippen LogP contribution in [0.4, 0.5) is 4.79 Å². The summed E-state index contributed by atoms with van der Waals surface area (Å²) in [7, 11) is 0. The molecule has 1 aromatic carbocycles. The summed E-state index contributed by atoms with van der Waals surface area (Å²) >= 11 is 11.6. The lowest BCUT2D eigenvalue weighted by molar-refractivity contribution is 0.0129. The van der Waals surface area contributed by atoms with Crippen molar-refractivity contribution in [1.29, 1.82) is 0 Å². The van der Waals surface area contributed by atoms with Crippen LogP contribution in [-0.4, -0.2) is 34.6 Å². The van der Waals surface area contributed by atoms with Crippen molar-refractivity contribution in [1.82, 2.24) is 5.32 Å². The Bertz CT molecular complexity index is 502. The van der Waals surface area contributed by atoms with E-state index in [9.17, 15) is 15.0 Å². The molecule has 118 valence electrons. The maximum absolute atomic E-state index is 11.5. The Morgan fingerprint density at radius 1 is 1.29 bits per heavy atom. The summed E-state index contributed by atoms with van der Waals surface area (Å²) < 4.78 is 5.03. The Kier molecular flexibility index (Phi) is 6.28. The number of amides is 1. The molecular formula is C14H19Cl2NO4. The molecule has 0 aliphatic heterocycles. The summed E-state index contributed by atoms with van der Waals surface area (Å²) in [6.45, 7) is 5.03. The molecule has 0 fully saturated rings. The Morgan fingerprint density at radius 2 is 1.90 bits per heavy atom. The van der Waals surface area contributed by atoms with Gasteiger partial charge >= 0.3 is 6.09 Å². The van der Waals surface area contributed by atoms with Gasteiger partial charge in [0.2, 0.25) is 0 Å². The number of hydrogen-bond acceptors (Lipinski definition) is 4. The van der Waals surface area contributed by atoms with Gasteiger partial charge in [0, 0.05) is 6.54 Å². The van der Waals surface area contributed by atoms with E-state index in [-0.39, 0.29) is 11.6 Å². The normalized spacial score (nSPS) is 14.4. The van der Waals surface area contributed by atoms with E-state index in [1.807, 2.05) is 0 Å². The number of aliphatic hydroxyl groups is 2. The minimum Gasteiger partial charge on any atom is -0.444 e. The average molecular weight is 336 g/mol. The van der Waals surface area contributed by atoms with Gasteiger partial charge in [0.1, 0.15) is 17.8 Å². The van der Waals surface area contributed by atoms with Crippen molar-refractivity contribution in [3.05, 3.63) is 33.8 Å². The third-order valence-electron chi connectivity index (χ3n) is 2.50. The molecule has 0 aliphatic rings. The van der Waals surface area contributed by atoms with Crippen molar-refractivity contribution in [2.24, 2.45) is 0 Å². The first-order valence-corrected chi connectivity index (χ1v) is 7.13. The zero-order valence-corrected chi connectivity index (χ0v) is 13.6. The maximum Gasteiger partial charge on any atom is 0.407 e. The minimum atomic E-state index is -1.20. The van der Waals surface area contributed by atoms with Gasteiger partial charge in [-0.15, -0.1) is 0 Å². The highest BCUT2D eigenvalue weighted by molar-refractivity contribution is 6.42. The number of carbonyl (C=O) groups excluding carboxylic acids is 1. The lowest BCUT2D eigenvalue weighted by atomic mass is 10.0. The molecule has 1 aromatic rings. The van der Waals surface area contributed by atoms with Crippen molar-refractivity contribution in [2.75, 3.05) is 6.54 Å². The average Bonchev–Trinajstić information content (AvgIpc) is 2.36. The zero-order valence-electron chi connectivity index (χ0n) is 12.1. The van der Waals surface area contributed by atoms with Crippen LogP contribution in [0, 0.1) is 0 Å². The van der Waals surface area contributed by atoms with E-state index in [1.165, 1.54) is 12.1 Å². The summed E-state index contributed by atoms with van der Waals surface area (Å²) in [5.41, 5.74) is -0.222. The molecule has 7 heteroatoms. The smallest absolute Gasteiger partial charge is 0.407 e. The van der Waals surface area contributed by atoms with Crippen molar-refractivity contribution >= 4 is 29.3 Å². The highest BCUT2D eigenvalue weighted by Crippen LogP contribution is 2.26. The van der Waals surface area contributed by atoms with Gasteiger partial charge in [0.25, 0.3) is 0 Å². The van der Waals surface area contributed by atoms with Crippen LogP contribution in [0.25, 0.3) is 0 Å². The van der Waals surface area contributed by atoms with Gasteiger partial charge in [0.05, 0.1) is 10.0 Å². The van der Waals surface area contributed by atoms with E-state index < -0.39 is 23.9 Å². The first-order valence-electron chi connectivity index (χ1n) is 6.38. The molecule has 0 heterocycles. The fraction of sp³-hybridized carbons (Fsp3) is 0.500. The van der Waals surface area contributed by atoms with Crippen molar-refractivity contribution in [3.63, 3.8) is 0 Å². The summed E-state index contributed by atoms with van der Waals surface area (Å²) in [5.74, 6) is 0. The SMILES string of the molecule is CC(C)(C)OC(=O)NCC(O)C(O)c1ccc(Cl)c(Cl)c1. The van der Waals surface area contributed by atoms with Crippen LogP contribution in [0.2, 0.25) is 10.0 Å². The summed E-state index contributed by atoms with van der Waals surface area (Å²) in [4.78, 5) is 11.5. The Labute approximate surface area is 133 Å². The van der Waals surface area contributed by atoms with Gasteiger partial charge in [-0.25, -0.2) is 4.79 Å². The monoisotopic (exact) mass is 335 g/mol. The highest BCUT2D eigenvalue weighted by atomic mass is 35.5. The molecule has 2 atom stereocenters. The Hall–Kier alpha value is -1.01. The van der Waals surface area contributed by atoms with Crippen LogP contribution in [-0.2, 0) is 4.74 Å². The molecule has 0 spiro atoms. The number of alkyl carbamates (subject to hydrolysis) is 1. The first-order chi connectivity index (χ1) is 9.60. The van der Waals surface area contributed by atoms with Crippen molar-refractivity contribution in [3.8, 4) is 0 Å². The molecular weight excluding hydrogens is 317 g/mol. The Balaban J connectivity index is 2.56. The molecule has 0 saturated heterocycles. The Morgan fingerprint density at radius 3 is 2.43 bits per heavy atom. The lowest BCUT2D eigenvalue weighted by Gasteiger charge is -2.22. The molecule has 1 amide bonds. The number of nitrogens with one attached hydrogen (secondary N) is 1. The first kappa shape index (κ1) is 18.0. The number of benzene rings is 1. The van der Waals surface area contributed by atoms with Crippen LogP contribution in [0.15, 0.2) is 18.2 Å². The predicted molar refractivity (Wildman–Crippen MR) is 81.7 cm³/mol. The van der Waals surface area contributed by atoms with E-state index in [1.54, 1.807) is 26.8 Å². The third-order valence-corrected chi connectivity index (χ3v) is 3.24. The van der Waals surface area contributed by atoms with E-state index >= 15 is 0 Å². The zero-order chi connectivity index (χ0) is 16.2. The number of aliphatic hydroxyl groups excluding tert-OH is 2. The van der Waals surface area contributed by atoms with Gasteiger partial charge in [-0.2, -0.15) is 0 Å². The minimum absolute atomic E-state index is 0.156. The number of carbonyl (C=O) groups is 1. The van der Waals surface area contributed by atoms with Crippen LogP contribution >= 0.6 is 23.2 Å². The van der Waals surface area contributed by atoms with Crippen LogP contribution in [0.1, 0.15) is 32.4 Å². The van der Waals surface area contributed by atoms with E-state index in [0.29, 0.717) is 10.6 Å². The fourth-order valence-electron chi connectivity index (χ4n) is 1.53. The maximum atomic E-state index is 11.5. The summed E-state index contributed by atoms with van der Waals surface area (Å²) in [6, 6.07) is 4.54. The van der Waals surface area contributed by atoms with Gasteiger partial charge in [-0.3, -0.25) is 0 Å². The van der Waals surface area contributed by atoms with Gasteiger partial charge < -0.3 is 20.3 Å². The second-order valence-corrected chi connectivity index (χ2v) is 6.38. The molecule has 0 aliphatic carbocycles. The molecule has 1 rings (SSSR count). The molecule has 5 nitrogen and oxygen atoms in total. The quantitative estimate of drug-likeness (QED) is 0.790. The van der Waals surface area contributed by atoms with Crippen molar-refractivity contribution in [2.45, 2.75) is 38.6 Å². The topological polar surface area (TPSA) is 78.8 Å². The van der Waals surface area contributed by atoms with Gasteiger partial charge in [-0.1, -0.05) is 29.3 Å². The lowest BCUT2D eigenvalue weighted by Crippen LogP contribution is -2.38. The van der Waals surface area contributed by atoms with Crippen molar-refractivity contribution < 1.29 is 19.7 Å². The molecule has 0 aromatic heterocycles. The number of halogens is 2. The number of ether oxygens (including phenoxy) is 1. The summed E-state index contributed by atoms with van der Waals surface area (Å²) in [6.07, 6.45) is -3.06. The van der Waals surface area contributed by atoms with E-state index in [4.69, 9.17) is 27.9 Å². The highest BCUT2D eigenvalue weighted by Gasteiger charge is 2.22. The third kappa shape index (κ3) is 6.09. The number of rotatable bonds is 4. The molecule has 0 bridgehead atoms. The van der Waals surface area contributed by atoms with Gasteiger partial charge in [-0.05, 0) is 38.5 Å². The largest absolute Gasteiger partial charge is 0.444 e. The van der Waals surface area contributed by atoms with E-state index in [0.717, 1.165) is 0 Å². The van der Waals surface area contributed by atoms with Crippen LogP contribution in [0.5, 0.6) is 0 Å². The molecule has 2 unspecified atom stereocenters. The van der Waals surface area contributed by atoms with Gasteiger partial charge in [0.15, 0.2) is 0 Å².